The molecule has 0 atom stereocenters. The molecule has 0 amide bonds. The zero-order valence-electron chi connectivity index (χ0n) is 12.7. The Morgan fingerprint density at radius 3 is 1.84 bits per heavy atom. The van der Waals surface area contributed by atoms with Gasteiger partial charge in [0.25, 0.3) is 0 Å². The van der Waals surface area contributed by atoms with E-state index < -0.39 is 0 Å². The Labute approximate surface area is 119 Å². The number of aliphatic hydroxyl groups excluding tert-OH is 2. The van der Waals surface area contributed by atoms with Crippen LogP contribution in [0.15, 0.2) is 0 Å². The summed E-state index contributed by atoms with van der Waals surface area (Å²) in [5.41, 5.74) is 0. The fourth-order valence-corrected chi connectivity index (χ4v) is 3.44. The molecule has 1 saturated carbocycles. The van der Waals surface area contributed by atoms with Gasteiger partial charge in [0.1, 0.15) is 0 Å². The smallest absolute Gasteiger partial charge is 0.0558 e. The van der Waals surface area contributed by atoms with Gasteiger partial charge in [0.2, 0.25) is 0 Å². The van der Waals surface area contributed by atoms with Crippen LogP contribution >= 0.6 is 0 Å². The summed E-state index contributed by atoms with van der Waals surface area (Å²) in [6.07, 6.45) is 11.0. The first kappa shape index (κ1) is 16.9. The van der Waals surface area contributed by atoms with Crippen LogP contribution in [0.1, 0.15) is 58.3 Å². The Morgan fingerprint density at radius 1 is 0.842 bits per heavy atom. The predicted molar refractivity (Wildman–Crippen MR) is 80.2 cm³/mol. The van der Waals surface area contributed by atoms with Gasteiger partial charge in [0, 0.05) is 13.1 Å². The van der Waals surface area contributed by atoms with Crippen LogP contribution in [-0.4, -0.2) is 48.0 Å². The van der Waals surface area contributed by atoms with Crippen molar-refractivity contribution in [3.8, 4) is 0 Å². The molecular weight excluding hydrogens is 238 g/mol. The van der Waals surface area contributed by atoms with E-state index in [1.54, 1.807) is 0 Å². The van der Waals surface area contributed by atoms with E-state index in [1.165, 1.54) is 51.4 Å². The molecule has 0 heterocycles. The Balaban J connectivity index is 2.09. The third-order valence-corrected chi connectivity index (χ3v) is 4.58. The lowest BCUT2D eigenvalue weighted by Crippen LogP contribution is -2.31. The predicted octanol–water partition coefficient (Wildman–Crippen LogP) is 2.66. The van der Waals surface area contributed by atoms with Crippen LogP contribution in [0.3, 0.4) is 0 Å². The van der Waals surface area contributed by atoms with E-state index in [4.69, 9.17) is 10.2 Å². The number of rotatable bonds is 10. The maximum atomic E-state index is 8.97. The highest BCUT2D eigenvalue weighted by atomic mass is 16.3. The normalized spacial score (nSPS) is 24.0. The fourth-order valence-electron chi connectivity index (χ4n) is 3.44. The highest BCUT2D eigenvalue weighted by Gasteiger charge is 2.20. The van der Waals surface area contributed by atoms with Crippen molar-refractivity contribution in [2.45, 2.75) is 58.3 Å². The van der Waals surface area contributed by atoms with E-state index in [2.05, 4.69) is 11.8 Å². The zero-order chi connectivity index (χ0) is 13.9. The molecule has 1 aliphatic rings. The largest absolute Gasteiger partial charge is 0.395 e. The van der Waals surface area contributed by atoms with Gasteiger partial charge < -0.3 is 10.2 Å². The summed E-state index contributed by atoms with van der Waals surface area (Å²) in [6, 6.07) is 0. The van der Waals surface area contributed by atoms with Gasteiger partial charge in [0.05, 0.1) is 13.2 Å². The van der Waals surface area contributed by atoms with Crippen LogP contribution < -0.4 is 0 Å². The molecule has 0 aliphatic heterocycles. The van der Waals surface area contributed by atoms with E-state index in [0.717, 1.165) is 18.4 Å². The van der Waals surface area contributed by atoms with Crippen LogP contribution in [0.4, 0.5) is 0 Å². The SMILES string of the molecule is CCCC1CCC(CCCN(CCO)CCO)CC1. The molecule has 1 fully saturated rings. The summed E-state index contributed by atoms with van der Waals surface area (Å²) >= 11 is 0. The second-order valence-corrected chi connectivity index (χ2v) is 6.11. The summed E-state index contributed by atoms with van der Waals surface area (Å²) in [4.78, 5) is 2.17. The van der Waals surface area contributed by atoms with Crippen LogP contribution in [-0.2, 0) is 0 Å². The number of aliphatic hydroxyl groups is 2. The number of nitrogens with zero attached hydrogens (tertiary/aromatic N) is 1. The minimum Gasteiger partial charge on any atom is -0.395 e. The molecule has 114 valence electrons. The Bertz CT molecular complexity index is 197. The molecule has 0 unspecified atom stereocenters. The fraction of sp³-hybridized carbons (Fsp3) is 1.00. The number of hydrogen-bond donors (Lipinski definition) is 2. The topological polar surface area (TPSA) is 43.7 Å². The van der Waals surface area contributed by atoms with Crippen molar-refractivity contribution >= 4 is 0 Å². The molecule has 0 spiro atoms. The highest BCUT2D eigenvalue weighted by Crippen LogP contribution is 2.33. The molecule has 0 saturated heterocycles. The summed E-state index contributed by atoms with van der Waals surface area (Å²) in [7, 11) is 0. The average molecular weight is 271 g/mol. The Morgan fingerprint density at radius 2 is 1.37 bits per heavy atom. The van der Waals surface area contributed by atoms with Crippen molar-refractivity contribution < 1.29 is 10.2 Å². The molecule has 0 aromatic carbocycles. The Kier molecular flexibility index (Phi) is 9.48. The first-order valence-electron chi connectivity index (χ1n) is 8.24. The zero-order valence-corrected chi connectivity index (χ0v) is 12.7. The van der Waals surface area contributed by atoms with E-state index in [9.17, 15) is 0 Å². The van der Waals surface area contributed by atoms with Crippen molar-refractivity contribution in [1.82, 2.24) is 4.90 Å². The van der Waals surface area contributed by atoms with Gasteiger partial charge in [-0.05, 0) is 31.2 Å². The second kappa shape index (κ2) is 10.6. The van der Waals surface area contributed by atoms with Crippen LogP contribution in [0.5, 0.6) is 0 Å². The summed E-state index contributed by atoms with van der Waals surface area (Å²) in [5.74, 6) is 1.93. The van der Waals surface area contributed by atoms with E-state index in [1.807, 2.05) is 0 Å². The van der Waals surface area contributed by atoms with Gasteiger partial charge in [-0.25, -0.2) is 0 Å². The quantitative estimate of drug-likeness (QED) is 0.642. The third-order valence-electron chi connectivity index (χ3n) is 4.58. The van der Waals surface area contributed by atoms with E-state index in [-0.39, 0.29) is 13.2 Å². The first-order valence-corrected chi connectivity index (χ1v) is 8.24. The minimum absolute atomic E-state index is 0.197. The minimum atomic E-state index is 0.197. The van der Waals surface area contributed by atoms with Crippen molar-refractivity contribution in [1.29, 1.82) is 0 Å². The Hall–Kier alpha value is -0.120. The lowest BCUT2D eigenvalue weighted by atomic mass is 9.78. The van der Waals surface area contributed by atoms with Crippen molar-refractivity contribution in [3.05, 3.63) is 0 Å². The van der Waals surface area contributed by atoms with Crippen LogP contribution in [0.2, 0.25) is 0 Å². The summed E-state index contributed by atoms with van der Waals surface area (Å²) < 4.78 is 0. The average Bonchev–Trinajstić information content (AvgIpc) is 2.41. The van der Waals surface area contributed by atoms with Gasteiger partial charge in [-0.2, -0.15) is 0 Å². The van der Waals surface area contributed by atoms with Crippen LogP contribution in [0, 0.1) is 11.8 Å². The lowest BCUT2D eigenvalue weighted by molar-refractivity contribution is 0.154. The molecule has 0 radical (unpaired) electrons. The number of hydrogen-bond acceptors (Lipinski definition) is 3. The van der Waals surface area contributed by atoms with Gasteiger partial charge in [-0.3, -0.25) is 4.90 Å². The second-order valence-electron chi connectivity index (χ2n) is 6.11. The molecule has 0 aromatic rings. The molecule has 1 rings (SSSR count). The molecule has 3 nitrogen and oxygen atoms in total. The molecule has 19 heavy (non-hydrogen) atoms. The monoisotopic (exact) mass is 271 g/mol. The van der Waals surface area contributed by atoms with Crippen molar-refractivity contribution in [2.75, 3.05) is 32.8 Å². The van der Waals surface area contributed by atoms with Crippen molar-refractivity contribution in [2.24, 2.45) is 11.8 Å². The standard InChI is InChI=1S/C16H33NO2/c1-2-4-15-6-8-16(9-7-15)5-3-10-17(11-13-18)12-14-19/h15-16,18-19H,2-14H2,1H3. The maximum absolute atomic E-state index is 8.97. The van der Waals surface area contributed by atoms with Gasteiger partial charge in [0.15, 0.2) is 0 Å². The highest BCUT2D eigenvalue weighted by molar-refractivity contribution is 4.73. The van der Waals surface area contributed by atoms with Crippen LogP contribution in [0.25, 0.3) is 0 Å². The summed E-state index contributed by atoms with van der Waals surface area (Å²) in [5, 5.41) is 17.9. The lowest BCUT2D eigenvalue weighted by Gasteiger charge is -2.29. The summed E-state index contributed by atoms with van der Waals surface area (Å²) in [6.45, 7) is 5.11. The molecule has 3 heteroatoms. The molecule has 0 bridgehead atoms. The first-order chi connectivity index (χ1) is 9.30. The van der Waals surface area contributed by atoms with Gasteiger partial charge in [-0.1, -0.05) is 45.4 Å². The van der Waals surface area contributed by atoms with E-state index >= 15 is 0 Å². The molecule has 1 aliphatic carbocycles. The molecule has 0 aromatic heterocycles. The van der Waals surface area contributed by atoms with Crippen molar-refractivity contribution in [3.63, 3.8) is 0 Å². The molecule has 2 N–H and O–H groups in total. The van der Waals surface area contributed by atoms with Gasteiger partial charge in [-0.15, -0.1) is 0 Å². The maximum Gasteiger partial charge on any atom is 0.0558 e. The molecular formula is C16H33NO2. The van der Waals surface area contributed by atoms with E-state index in [0.29, 0.717) is 13.1 Å². The third kappa shape index (κ3) is 7.28. The van der Waals surface area contributed by atoms with Gasteiger partial charge >= 0.3 is 0 Å².